The maximum atomic E-state index is 5.59. The smallest absolute Gasteiger partial charge is 0.193 e. The molecule has 4 heteroatoms. The molecule has 0 bridgehead atoms. The lowest BCUT2D eigenvalue weighted by Gasteiger charge is -2.31. The van der Waals surface area contributed by atoms with Gasteiger partial charge in [0, 0.05) is 39.9 Å². The monoisotopic (exact) mass is 303 g/mol. The van der Waals surface area contributed by atoms with Crippen LogP contribution in [0.25, 0.3) is 0 Å². The van der Waals surface area contributed by atoms with Crippen molar-refractivity contribution < 1.29 is 4.74 Å². The van der Waals surface area contributed by atoms with Gasteiger partial charge in [0.2, 0.25) is 0 Å². The molecule has 22 heavy (non-hydrogen) atoms. The van der Waals surface area contributed by atoms with Crippen LogP contribution >= 0.6 is 0 Å². The molecule has 2 rings (SSSR count). The fourth-order valence-corrected chi connectivity index (χ4v) is 2.73. The van der Waals surface area contributed by atoms with Gasteiger partial charge >= 0.3 is 0 Å². The second-order valence-corrected chi connectivity index (χ2v) is 5.73. The molecule has 1 heterocycles. The zero-order valence-corrected chi connectivity index (χ0v) is 14.0. The number of ether oxygens (including phenoxy) is 1. The van der Waals surface area contributed by atoms with E-state index in [1.54, 1.807) is 0 Å². The molecule has 1 aromatic rings. The van der Waals surface area contributed by atoms with Gasteiger partial charge in [-0.25, -0.2) is 0 Å². The van der Waals surface area contributed by atoms with E-state index < -0.39 is 0 Å². The van der Waals surface area contributed by atoms with Gasteiger partial charge < -0.3 is 15.0 Å². The first-order valence-electron chi connectivity index (χ1n) is 8.45. The minimum absolute atomic E-state index is 0.826. The molecule has 0 atom stereocenters. The fourth-order valence-electron chi connectivity index (χ4n) is 2.73. The Morgan fingerprint density at radius 1 is 1.23 bits per heavy atom. The van der Waals surface area contributed by atoms with Crippen molar-refractivity contribution in [2.75, 3.05) is 33.4 Å². The molecule has 1 aromatic carbocycles. The Morgan fingerprint density at radius 3 is 2.77 bits per heavy atom. The highest BCUT2D eigenvalue weighted by atomic mass is 16.5. The number of nitrogens with one attached hydrogen (secondary N) is 1. The number of aliphatic imine (C=N–C) groups is 1. The van der Waals surface area contributed by atoms with Crippen LogP contribution < -0.4 is 5.32 Å². The second-order valence-electron chi connectivity index (χ2n) is 5.73. The molecule has 1 aliphatic rings. The molecule has 0 saturated carbocycles. The number of fused-ring (bicyclic) bond motifs is 1. The largest absolute Gasteiger partial charge is 0.381 e. The summed E-state index contributed by atoms with van der Waals surface area (Å²) in [4.78, 5) is 6.76. The molecule has 4 nitrogen and oxygen atoms in total. The summed E-state index contributed by atoms with van der Waals surface area (Å²) in [6, 6.07) is 8.69. The minimum atomic E-state index is 0.826. The third kappa shape index (κ3) is 5.02. The van der Waals surface area contributed by atoms with Crippen molar-refractivity contribution in [3.63, 3.8) is 0 Å². The summed E-state index contributed by atoms with van der Waals surface area (Å²) < 4.78 is 5.59. The van der Waals surface area contributed by atoms with E-state index >= 15 is 0 Å². The Balaban J connectivity index is 1.72. The maximum Gasteiger partial charge on any atom is 0.193 e. The lowest BCUT2D eigenvalue weighted by atomic mass is 10.0. The minimum Gasteiger partial charge on any atom is -0.381 e. The number of hydrogen-bond donors (Lipinski definition) is 1. The van der Waals surface area contributed by atoms with E-state index in [0.29, 0.717) is 0 Å². The number of nitrogens with zero attached hydrogens (tertiary/aromatic N) is 2. The molecule has 0 fully saturated rings. The van der Waals surface area contributed by atoms with Crippen molar-refractivity contribution >= 4 is 5.96 Å². The van der Waals surface area contributed by atoms with Crippen molar-refractivity contribution in [2.45, 2.75) is 39.2 Å². The highest BCUT2D eigenvalue weighted by Crippen LogP contribution is 2.18. The number of unbranched alkanes of at least 4 members (excludes halogenated alkanes) is 1. The van der Waals surface area contributed by atoms with Crippen LogP contribution in [-0.2, 0) is 17.7 Å². The van der Waals surface area contributed by atoms with Gasteiger partial charge in [-0.2, -0.15) is 0 Å². The van der Waals surface area contributed by atoms with Gasteiger partial charge in [-0.1, -0.05) is 37.6 Å². The van der Waals surface area contributed by atoms with Crippen LogP contribution in [0.4, 0.5) is 0 Å². The fraction of sp³-hybridized carbons (Fsp3) is 0.611. The molecular formula is C18H29N3O. The van der Waals surface area contributed by atoms with Crippen molar-refractivity contribution in [3.8, 4) is 0 Å². The summed E-state index contributed by atoms with van der Waals surface area (Å²) in [5.74, 6) is 1.00. The lowest BCUT2D eigenvalue weighted by Crippen LogP contribution is -2.44. The summed E-state index contributed by atoms with van der Waals surface area (Å²) in [7, 11) is 1.86. The molecule has 0 spiro atoms. The van der Waals surface area contributed by atoms with Gasteiger partial charge in [0.05, 0.1) is 0 Å². The van der Waals surface area contributed by atoms with Crippen LogP contribution in [0.1, 0.15) is 37.3 Å². The van der Waals surface area contributed by atoms with E-state index in [2.05, 4.69) is 46.4 Å². The van der Waals surface area contributed by atoms with Crippen molar-refractivity contribution in [3.05, 3.63) is 35.4 Å². The maximum absolute atomic E-state index is 5.59. The summed E-state index contributed by atoms with van der Waals surface area (Å²) >= 11 is 0. The third-order valence-electron chi connectivity index (χ3n) is 4.03. The molecule has 122 valence electrons. The van der Waals surface area contributed by atoms with Gasteiger partial charge in [-0.15, -0.1) is 0 Å². The first-order valence-corrected chi connectivity index (χ1v) is 8.45. The predicted molar refractivity (Wildman–Crippen MR) is 92.3 cm³/mol. The van der Waals surface area contributed by atoms with Crippen LogP contribution in [-0.4, -0.2) is 44.2 Å². The van der Waals surface area contributed by atoms with E-state index in [-0.39, 0.29) is 0 Å². The van der Waals surface area contributed by atoms with Gasteiger partial charge in [0.1, 0.15) is 0 Å². The lowest BCUT2D eigenvalue weighted by molar-refractivity contribution is 0.129. The third-order valence-corrected chi connectivity index (χ3v) is 4.03. The standard InChI is InChI=1S/C18H29N3O/c1-3-4-13-22-14-7-11-20-18(19-2)21-12-10-16-8-5-6-9-17(16)15-21/h5-6,8-9H,3-4,7,10-15H2,1-2H3,(H,19,20). The average molecular weight is 303 g/mol. The van der Waals surface area contributed by atoms with Crippen molar-refractivity contribution in [2.24, 2.45) is 4.99 Å². The molecule has 0 radical (unpaired) electrons. The highest BCUT2D eigenvalue weighted by molar-refractivity contribution is 5.80. The SMILES string of the molecule is CCCCOCCCNC(=NC)N1CCc2ccccc2C1. The topological polar surface area (TPSA) is 36.9 Å². The van der Waals surface area contributed by atoms with Crippen LogP contribution in [0.3, 0.4) is 0 Å². The summed E-state index contributed by atoms with van der Waals surface area (Å²) in [6.07, 6.45) is 4.47. The van der Waals surface area contributed by atoms with Crippen LogP contribution in [0, 0.1) is 0 Å². The van der Waals surface area contributed by atoms with Crippen LogP contribution in [0.15, 0.2) is 29.3 Å². The number of benzene rings is 1. The van der Waals surface area contributed by atoms with E-state index in [1.165, 1.54) is 17.5 Å². The molecule has 0 saturated heterocycles. The zero-order chi connectivity index (χ0) is 15.6. The van der Waals surface area contributed by atoms with E-state index in [1.807, 2.05) is 7.05 Å². The van der Waals surface area contributed by atoms with Gasteiger partial charge in [0.25, 0.3) is 0 Å². The molecule has 1 N–H and O–H groups in total. The van der Waals surface area contributed by atoms with Crippen LogP contribution in [0.2, 0.25) is 0 Å². The average Bonchev–Trinajstić information content (AvgIpc) is 2.57. The quantitative estimate of drug-likeness (QED) is 0.478. The van der Waals surface area contributed by atoms with E-state index in [0.717, 1.165) is 58.1 Å². The van der Waals surface area contributed by atoms with Gasteiger partial charge in [0.15, 0.2) is 5.96 Å². The normalized spacial score (nSPS) is 14.8. The molecule has 0 unspecified atom stereocenters. The summed E-state index contributed by atoms with van der Waals surface area (Å²) in [5.41, 5.74) is 2.89. The molecule has 1 aliphatic heterocycles. The number of guanidine groups is 1. The van der Waals surface area contributed by atoms with Crippen molar-refractivity contribution in [1.82, 2.24) is 10.2 Å². The predicted octanol–water partition coefficient (Wildman–Crippen LogP) is 2.83. The second kappa shape index (κ2) is 9.46. The Morgan fingerprint density at radius 2 is 2.00 bits per heavy atom. The number of rotatable bonds is 7. The Bertz CT molecular complexity index is 473. The molecule has 0 amide bonds. The first kappa shape index (κ1) is 16.8. The van der Waals surface area contributed by atoms with Gasteiger partial charge in [-0.05, 0) is 30.4 Å². The molecular weight excluding hydrogens is 274 g/mol. The van der Waals surface area contributed by atoms with Gasteiger partial charge in [-0.3, -0.25) is 4.99 Å². The van der Waals surface area contributed by atoms with Crippen molar-refractivity contribution in [1.29, 1.82) is 0 Å². The summed E-state index contributed by atoms with van der Waals surface area (Å²) in [5, 5.41) is 3.46. The van der Waals surface area contributed by atoms with Crippen LogP contribution in [0.5, 0.6) is 0 Å². The molecule has 0 aromatic heterocycles. The first-order chi connectivity index (χ1) is 10.8. The summed E-state index contributed by atoms with van der Waals surface area (Å²) in [6.45, 7) is 6.79. The zero-order valence-electron chi connectivity index (χ0n) is 14.0. The highest BCUT2D eigenvalue weighted by Gasteiger charge is 2.18. The van der Waals surface area contributed by atoms with E-state index in [9.17, 15) is 0 Å². The Kier molecular flexibility index (Phi) is 7.23. The Hall–Kier alpha value is -1.55. The van der Waals surface area contributed by atoms with E-state index in [4.69, 9.17) is 4.74 Å². The number of hydrogen-bond acceptors (Lipinski definition) is 2. The molecule has 0 aliphatic carbocycles. The Labute approximate surface area is 134 Å².